The molecule has 4 aromatic rings. The zero-order valence-electron chi connectivity index (χ0n) is 19.0. The summed E-state index contributed by atoms with van der Waals surface area (Å²) in [4.78, 5) is 28.2. The fourth-order valence-electron chi connectivity index (χ4n) is 4.62. The van der Waals surface area contributed by atoms with Crippen molar-refractivity contribution in [3.63, 3.8) is 0 Å². The molecule has 2 atom stereocenters. The lowest BCUT2D eigenvalue weighted by molar-refractivity contribution is -0.220. The third-order valence-electron chi connectivity index (χ3n) is 6.28. The predicted octanol–water partition coefficient (Wildman–Crippen LogP) is 5.59. The number of carbonyl (C=O) groups is 2. The molecule has 1 heterocycles. The number of ether oxygens (including phenoxy) is 2. The molecule has 4 heteroatoms. The van der Waals surface area contributed by atoms with E-state index in [4.69, 9.17) is 9.47 Å². The summed E-state index contributed by atoms with van der Waals surface area (Å²) in [5.74, 6) is -1.29. The van der Waals surface area contributed by atoms with Gasteiger partial charge in [0.05, 0.1) is 0 Å². The monoisotopic (exact) mass is 448 g/mol. The Kier molecular flexibility index (Phi) is 5.29. The van der Waals surface area contributed by atoms with Gasteiger partial charge in [0.15, 0.2) is 0 Å². The molecule has 0 bridgehead atoms. The Morgan fingerprint density at radius 2 is 0.824 bits per heavy atom. The first-order chi connectivity index (χ1) is 16.5. The van der Waals surface area contributed by atoms with Crippen molar-refractivity contribution in [2.45, 2.75) is 25.0 Å². The molecule has 1 aliphatic rings. The number of benzene rings is 4. The van der Waals surface area contributed by atoms with E-state index in [9.17, 15) is 9.59 Å². The first kappa shape index (κ1) is 21.7. The Labute approximate surface area is 198 Å². The quantitative estimate of drug-likeness (QED) is 0.382. The molecule has 0 saturated carbocycles. The third kappa shape index (κ3) is 3.30. The number of aryl methyl sites for hydroxylation is 2. The lowest BCUT2D eigenvalue weighted by Gasteiger charge is -2.44. The molecule has 4 nitrogen and oxygen atoms in total. The van der Waals surface area contributed by atoms with Crippen LogP contribution in [0.3, 0.4) is 0 Å². The Balaban J connectivity index is 1.75. The summed E-state index contributed by atoms with van der Waals surface area (Å²) in [5, 5.41) is 0. The lowest BCUT2D eigenvalue weighted by Crippen LogP contribution is -2.57. The van der Waals surface area contributed by atoms with E-state index in [0.29, 0.717) is 22.3 Å². The number of hydrogen-bond donors (Lipinski definition) is 0. The van der Waals surface area contributed by atoms with Gasteiger partial charge < -0.3 is 9.47 Å². The van der Waals surface area contributed by atoms with Crippen LogP contribution >= 0.6 is 0 Å². The van der Waals surface area contributed by atoms with Gasteiger partial charge in [-0.3, -0.25) is 0 Å². The molecular weight excluding hydrogens is 424 g/mol. The van der Waals surface area contributed by atoms with Crippen molar-refractivity contribution >= 4 is 11.9 Å². The van der Waals surface area contributed by atoms with Gasteiger partial charge in [-0.25, -0.2) is 9.59 Å². The third-order valence-corrected chi connectivity index (χ3v) is 6.28. The molecule has 5 rings (SSSR count). The van der Waals surface area contributed by atoms with Gasteiger partial charge in [0, 0.05) is 22.3 Å². The standard InChI is InChI=1S/C30H24O4/c1-21-11-9-17-25(19-21)29(23-13-5-3-6-14-23)27(31)34-30(28(32)33-29,24-15-7-4-8-16-24)26-18-10-12-22(2)20-26/h3-20H,1-2H3/t29-,30+. The van der Waals surface area contributed by atoms with Crippen LogP contribution in [0.25, 0.3) is 0 Å². The van der Waals surface area contributed by atoms with E-state index in [1.807, 2.05) is 86.6 Å². The van der Waals surface area contributed by atoms with E-state index >= 15 is 0 Å². The SMILES string of the molecule is Cc1cccc([C@@]2(c3ccccc3)OC(=O)[C@](c3ccccc3)(c3cccc(C)c3)OC2=O)c1. The van der Waals surface area contributed by atoms with Crippen molar-refractivity contribution in [3.05, 3.63) is 143 Å². The van der Waals surface area contributed by atoms with Crippen LogP contribution in [-0.2, 0) is 30.3 Å². The summed E-state index contributed by atoms with van der Waals surface area (Å²) < 4.78 is 12.5. The minimum absolute atomic E-state index is 0.532. The topological polar surface area (TPSA) is 52.6 Å². The molecule has 4 aromatic carbocycles. The second-order valence-electron chi connectivity index (χ2n) is 8.61. The highest BCUT2D eigenvalue weighted by Crippen LogP contribution is 2.47. The van der Waals surface area contributed by atoms with Gasteiger partial charge in [-0.15, -0.1) is 0 Å². The molecule has 0 unspecified atom stereocenters. The van der Waals surface area contributed by atoms with Gasteiger partial charge in [0.2, 0.25) is 0 Å². The van der Waals surface area contributed by atoms with Gasteiger partial charge in [-0.05, 0) is 13.8 Å². The summed E-state index contributed by atoms with van der Waals surface area (Å²) in [6, 6.07) is 32.9. The normalized spacial score (nSPS) is 22.1. The minimum Gasteiger partial charge on any atom is -0.433 e. The first-order valence-corrected chi connectivity index (χ1v) is 11.2. The van der Waals surface area contributed by atoms with Crippen molar-refractivity contribution < 1.29 is 19.1 Å². The largest absolute Gasteiger partial charge is 0.433 e. The highest BCUT2D eigenvalue weighted by molar-refractivity contribution is 5.99. The second-order valence-corrected chi connectivity index (χ2v) is 8.61. The number of carbonyl (C=O) groups excluding carboxylic acids is 2. The molecule has 0 aliphatic carbocycles. The van der Waals surface area contributed by atoms with Crippen LogP contribution in [0, 0.1) is 13.8 Å². The van der Waals surface area contributed by atoms with Gasteiger partial charge in [0.1, 0.15) is 0 Å². The predicted molar refractivity (Wildman–Crippen MR) is 129 cm³/mol. The van der Waals surface area contributed by atoms with Crippen LogP contribution in [0.2, 0.25) is 0 Å². The number of rotatable bonds is 4. The zero-order valence-corrected chi connectivity index (χ0v) is 19.0. The van der Waals surface area contributed by atoms with Crippen LogP contribution < -0.4 is 0 Å². The van der Waals surface area contributed by atoms with Gasteiger partial charge in [-0.2, -0.15) is 0 Å². The van der Waals surface area contributed by atoms with Gasteiger partial charge >= 0.3 is 11.9 Å². The van der Waals surface area contributed by atoms with Crippen molar-refractivity contribution in [2.75, 3.05) is 0 Å². The number of cyclic esters (lactones) is 2. The van der Waals surface area contributed by atoms with E-state index in [0.717, 1.165) is 11.1 Å². The van der Waals surface area contributed by atoms with E-state index in [1.54, 1.807) is 36.4 Å². The molecule has 34 heavy (non-hydrogen) atoms. The maximum Gasteiger partial charge on any atom is 0.362 e. The molecule has 1 aliphatic heterocycles. The lowest BCUT2D eigenvalue weighted by atomic mass is 9.80. The van der Waals surface area contributed by atoms with E-state index in [-0.39, 0.29) is 0 Å². The Morgan fingerprint density at radius 1 is 0.471 bits per heavy atom. The molecular formula is C30H24O4. The van der Waals surface area contributed by atoms with Crippen LogP contribution in [0.5, 0.6) is 0 Å². The van der Waals surface area contributed by atoms with Gasteiger partial charge in [-0.1, -0.05) is 120 Å². The zero-order chi connectivity index (χ0) is 23.8. The summed E-state index contributed by atoms with van der Waals surface area (Å²) in [7, 11) is 0. The molecule has 0 N–H and O–H groups in total. The summed E-state index contributed by atoms with van der Waals surface area (Å²) in [5.41, 5.74) is 0.602. The van der Waals surface area contributed by atoms with E-state index < -0.39 is 23.1 Å². The molecule has 1 saturated heterocycles. The summed E-state index contributed by atoms with van der Waals surface area (Å²) in [6.45, 7) is 3.86. The van der Waals surface area contributed by atoms with Crippen LogP contribution in [0.4, 0.5) is 0 Å². The van der Waals surface area contributed by atoms with Crippen molar-refractivity contribution in [2.24, 2.45) is 0 Å². The van der Waals surface area contributed by atoms with Crippen LogP contribution in [-0.4, -0.2) is 11.9 Å². The molecule has 1 fully saturated rings. The Hall–Kier alpha value is -4.18. The molecule has 0 aromatic heterocycles. The smallest absolute Gasteiger partial charge is 0.362 e. The van der Waals surface area contributed by atoms with Crippen molar-refractivity contribution in [1.29, 1.82) is 0 Å². The van der Waals surface area contributed by atoms with E-state index in [1.165, 1.54) is 0 Å². The highest BCUT2D eigenvalue weighted by Gasteiger charge is 2.61. The highest BCUT2D eigenvalue weighted by atomic mass is 16.7. The maximum absolute atomic E-state index is 14.1. The minimum atomic E-state index is -1.72. The van der Waals surface area contributed by atoms with Crippen LogP contribution in [0.15, 0.2) is 109 Å². The van der Waals surface area contributed by atoms with Crippen LogP contribution in [0.1, 0.15) is 33.4 Å². The molecule has 0 spiro atoms. The number of esters is 2. The first-order valence-electron chi connectivity index (χ1n) is 11.2. The Bertz CT molecular complexity index is 1260. The maximum atomic E-state index is 14.1. The average molecular weight is 449 g/mol. The summed E-state index contributed by atoms with van der Waals surface area (Å²) in [6.07, 6.45) is 0. The number of hydrogen-bond acceptors (Lipinski definition) is 4. The Morgan fingerprint density at radius 3 is 1.18 bits per heavy atom. The average Bonchev–Trinajstić information content (AvgIpc) is 2.86. The van der Waals surface area contributed by atoms with Crippen molar-refractivity contribution in [3.8, 4) is 0 Å². The van der Waals surface area contributed by atoms with Gasteiger partial charge in [0.25, 0.3) is 11.2 Å². The molecule has 0 radical (unpaired) electrons. The fraction of sp³-hybridized carbons (Fsp3) is 0.133. The second kappa shape index (κ2) is 8.31. The van der Waals surface area contributed by atoms with E-state index in [2.05, 4.69) is 0 Å². The summed E-state index contributed by atoms with van der Waals surface area (Å²) >= 11 is 0. The van der Waals surface area contributed by atoms with Crippen molar-refractivity contribution in [1.82, 2.24) is 0 Å². The fourth-order valence-corrected chi connectivity index (χ4v) is 4.62. The molecule has 168 valence electrons. The molecule has 0 amide bonds.